The Hall–Kier alpha value is -2.53. The minimum absolute atomic E-state index is 0.471. The van der Waals surface area contributed by atoms with Crippen molar-refractivity contribution in [3.05, 3.63) is 72.6 Å². The predicted molar refractivity (Wildman–Crippen MR) is 69.7 cm³/mol. The minimum Gasteiger partial charge on any atom is -0.380 e. The lowest BCUT2D eigenvalue weighted by Crippen LogP contribution is -2.08. The monoisotopic (exact) mass is 252 g/mol. The fourth-order valence-electron chi connectivity index (χ4n) is 1.91. The molecule has 3 rings (SSSR count). The molecule has 19 heavy (non-hydrogen) atoms. The standard InChI is InChI=1S/C14H12N4O/c19-13(11-5-2-1-3-6-11)14-17-16-10-18(14)12-7-4-8-15-9-12/h1-10,13,19H. The van der Waals surface area contributed by atoms with Crippen LogP contribution < -0.4 is 0 Å². The van der Waals surface area contributed by atoms with E-state index in [0.717, 1.165) is 11.3 Å². The Morgan fingerprint density at radius 3 is 2.63 bits per heavy atom. The molecule has 1 unspecified atom stereocenters. The van der Waals surface area contributed by atoms with Crippen molar-refractivity contribution in [3.63, 3.8) is 0 Å². The van der Waals surface area contributed by atoms with E-state index in [1.54, 1.807) is 23.3 Å². The molecule has 5 nitrogen and oxygen atoms in total. The van der Waals surface area contributed by atoms with Crippen molar-refractivity contribution in [1.82, 2.24) is 19.7 Å². The van der Waals surface area contributed by atoms with Gasteiger partial charge in [-0.05, 0) is 17.7 Å². The van der Waals surface area contributed by atoms with Crippen molar-refractivity contribution in [2.24, 2.45) is 0 Å². The van der Waals surface area contributed by atoms with Crippen LogP contribution in [0.15, 0.2) is 61.2 Å². The van der Waals surface area contributed by atoms with Gasteiger partial charge >= 0.3 is 0 Å². The van der Waals surface area contributed by atoms with E-state index in [1.165, 1.54) is 0 Å². The zero-order valence-corrected chi connectivity index (χ0v) is 10.1. The quantitative estimate of drug-likeness (QED) is 0.771. The molecule has 1 N–H and O–H groups in total. The number of hydrogen-bond donors (Lipinski definition) is 1. The Labute approximate surface area is 110 Å². The van der Waals surface area contributed by atoms with Crippen molar-refractivity contribution in [2.45, 2.75) is 6.10 Å². The molecule has 0 bridgehead atoms. The highest BCUT2D eigenvalue weighted by atomic mass is 16.3. The third-order valence-corrected chi connectivity index (χ3v) is 2.86. The molecular formula is C14H12N4O. The number of nitrogens with zero attached hydrogens (tertiary/aromatic N) is 4. The van der Waals surface area contributed by atoms with E-state index in [1.807, 2.05) is 42.5 Å². The molecule has 0 aliphatic rings. The Morgan fingerprint density at radius 1 is 1.05 bits per heavy atom. The smallest absolute Gasteiger partial charge is 0.171 e. The van der Waals surface area contributed by atoms with Gasteiger partial charge in [0.1, 0.15) is 12.4 Å². The number of pyridine rings is 1. The maximum Gasteiger partial charge on any atom is 0.171 e. The van der Waals surface area contributed by atoms with Gasteiger partial charge in [-0.1, -0.05) is 30.3 Å². The largest absolute Gasteiger partial charge is 0.380 e. The summed E-state index contributed by atoms with van der Waals surface area (Å²) in [5.74, 6) is 0.471. The Balaban J connectivity index is 2.01. The van der Waals surface area contributed by atoms with E-state index < -0.39 is 6.10 Å². The van der Waals surface area contributed by atoms with E-state index in [-0.39, 0.29) is 0 Å². The van der Waals surface area contributed by atoms with Crippen LogP contribution in [0.5, 0.6) is 0 Å². The van der Waals surface area contributed by atoms with Gasteiger partial charge in [0.25, 0.3) is 0 Å². The highest BCUT2D eigenvalue weighted by Gasteiger charge is 2.17. The first-order valence-corrected chi connectivity index (χ1v) is 5.89. The van der Waals surface area contributed by atoms with Crippen LogP contribution in [0.3, 0.4) is 0 Å². The van der Waals surface area contributed by atoms with Crippen molar-refractivity contribution in [2.75, 3.05) is 0 Å². The van der Waals surface area contributed by atoms with Crippen molar-refractivity contribution in [3.8, 4) is 5.69 Å². The van der Waals surface area contributed by atoms with E-state index in [2.05, 4.69) is 15.2 Å². The van der Waals surface area contributed by atoms with E-state index in [9.17, 15) is 5.11 Å². The maximum atomic E-state index is 10.4. The number of aromatic nitrogens is 4. The molecule has 0 radical (unpaired) electrons. The third-order valence-electron chi connectivity index (χ3n) is 2.86. The lowest BCUT2D eigenvalue weighted by atomic mass is 10.1. The van der Waals surface area contributed by atoms with Crippen LogP contribution in [-0.2, 0) is 0 Å². The van der Waals surface area contributed by atoms with Gasteiger partial charge in [0.05, 0.1) is 11.9 Å². The van der Waals surface area contributed by atoms with Gasteiger partial charge in [0, 0.05) is 6.20 Å². The fourth-order valence-corrected chi connectivity index (χ4v) is 1.91. The molecule has 0 fully saturated rings. The summed E-state index contributed by atoms with van der Waals surface area (Å²) in [4.78, 5) is 4.06. The summed E-state index contributed by atoms with van der Waals surface area (Å²) in [6, 6.07) is 13.1. The second kappa shape index (κ2) is 4.99. The Kier molecular flexibility index (Phi) is 3.04. The van der Waals surface area contributed by atoms with E-state index in [0.29, 0.717) is 5.82 Å². The normalized spacial score (nSPS) is 12.3. The van der Waals surface area contributed by atoms with Gasteiger partial charge in [-0.2, -0.15) is 0 Å². The number of aliphatic hydroxyl groups is 1. The van der Waals surface area contributed by atoms with Gasteiger partial charge in [-0.25, -0.2) is 0 Å². The zero-order chi connectivity index (χ0) is 13.1. The topological polar surface area (TPSA) is 63.8 Å². The van der Waals surface area contributed by atoms with Gasteiger partial charge in [0.2, 0.25) is 0 Å². The molecule has 3 aromatic rings. The Morgan fingerprint density at radius 2 is 1.89 bits per heavy atom. The molecule has 1 aromatic carbocycles. The summed E-state index contributed by atoms with van der Waals surface area (Å²) in [7, 11) is 0. The van der Waals surface area contributed by atoms with Crippen LogP contribution in [0, 0.1) is 0 Å². The molecule has 0 aliphatic carbocycles. The van der Waals surface area contributed by atoms with Crippen LogP contribution in [0.25, 0.3) is 5.69 Å². The summed E-state index contributed by atoms with van der Waals surface area (Å²) in [6.45, 7) is 0. The van der Waals surface area contributed by atoms with Gasteiger partial charge in [0.15, 0.2) is 5.82 Å². The van der Waals surface area contributed by atoms with Crippen molar-refractivity contribution >= 4 is 0 Å². The minimum atomic E-state index is -0.816. The highest BCUT2D eigenvalue weighted by Crippen LogP contribution is 2.21. The van der Waals surface area contributed by atoms with Gasteiger partial charge < -0.3 is 5.11 Å². The molecule has 0 saturated heterocycles. The number of rotatable bonds is 3. The predicted octanol–water partition coefficient (Wildman–Crippen LogP) is 1.74. The van der Waals surface area contributed by atoms with Crippen LogP contribution in [-0.4, -0.2) is 24.9 Å². The molecule has 1 atom stereocenters. The van der Waals surface area contributed by atoms with Crippen LogP contribution >= 0.6 is 0 Å². The zero-order valence-electron chi connectivity index (χ0n) is 10.1. The molecule has 0 amide bonds. The summed E-state index contributed by atoms with van der Waals surface area (Å²) in [5, 5.41) is 18.3. The van der Waals surface area contributed by atoms with E-state index in [4.69, 9.17) is 0 Å². The van der Waals surface area contributed by atoms with Gasteiger partial charge in [-0.3, -0.25) is 9.55 Å². The van der Waals surface area contributed by atoms with Crippen molar-refractivity contribution < 1.29 is 5.11 Å². The molecule has 0 aliphatic heterocycles. The molecule has 0 saturated carbocycles. The lowest BCUT2D eigenvalue weighted by Gasteiger charge is -2.12. The molecule has 2 heterocycles. The second-order valence-electron chi connectivity index (χ2n) is 4.08. The summed E-state index contributed by atoms with van der Waals surface area (Å²) >= 11 is 0. The lowest BCUT2D eigenvalue weighted by molar-refractivity contribution is 0.207. The fraction of sp³-hybridized carbons (Fsp3) is 0.0714. The molecule has 2 aromatic heterocycles. The summed E-state index contributed by atoms with van der Waals surface area (Å²) < 4.78 is 1.73. The highest BCUT2D eigenvalue weighted by molar-refractivity contribution is 5.31. The molecule has 94 valence electrons. The van der Waals surface area contributed by atoms with Gasteiger partial charge in [-0.15, -0.1) is 10.2 Å². The maximum absolute atomic E-state index is 10.4. The number of hydrogen-bond acceptors (Lipinski definition) is 4. The first-order valence-electron chi connectivity index (χ1n) is 5.89. The summed E-state index contributed by atoms with van der Waals surface area (Å²) in [6.07, 6.45) is 4.15. The SMILES string of the molecule is OC(c1ccccc1)c1nncn1-c1cccnc1. The average molecular weight is 252 g/mol. The van der Waals surface area contributed by atoms with Crippen LogP contribution in [0.2, 0.25) is 0 Å². The van der Waals surface area contributed by atoms with Crippen LogP contribution in [0.1, 0.15) is 17.5 Å². The first-order chi connectivity index (χ1) is 9.36. The summed E-state index contributed by atoms with van der Waals surface area (Å²) in [5.41, 5.74) is 1.60. The molecule has 5 heteroatoms. The number of aliphatic hydroxyl groups excluding tert-OH is 1. The second-order valence-corrected chi connectivity index (χ2v) is 4.08. The van der Waals surface area contributed by atoms with Crippen LogP contribution in [0.4, 0.5) is 0 Å². The average Bonchev–Trinajstić information content (AvgIpc) is 2.98. The third kappa shape index (κ3) is 2.23. The molecular weight excluding hydrogens is 240 g/mol. The van der Waals surface area contributed by atoms with E-state index >= 15 is 0 Å². The molecule has 0 spiro atoms. The van der Waals surface area contributed by atoms with Crippen molar-refractivity contribution in [1.29, 1.82) is 0 Å². The first kappa shape index (κ1) is 11.6. The Bertz CT molecular complexity index is 651. The number of benzene rings is 1.